The van der Waals surface area contributed by atoms with E-state index in [0.29, 0.717) is 30.7 Å². The van der Waals surface area contributed by atoms with Gasteiger partial charge in [0.05, 0.1) is 5.69 Å². The van der Waals surface area contributed by atoms with E-state index in [1.165, 1.54) is 0 Å². The fourth-order valence-electron chi connectivity index (χ4n) is 3.92. The minimum atomic E-state index is -0.0999. The maximum atomic E-state index is 12.6. The van der Waals surface area contributed by atoms with Crippen molar-refractivity contribution in [1.82, 2.24) is 5.32 Å². The third kappa shape index (κ3) is 2.41. The van der Waals surface area contributed by atoms with Gasteiger partial charge in [-0.15, -0.1) is 0 Å². The molecule has 0 unspecified atom stereocenters. The largest absolute Gasteiger partial charge is 0.454 e. The number of nitrogens with zero attached hydrogens (tertiary/aromatic N) is 1. The van der Waals surface area contributed by atoms with Crippen LogP contribution in [0.1, 0.15) is 33.5 Å². The number of carbonyl (C=O) groups excluding carboxylic acids is 2. The van der Waals surface area contributed by atoms with Gasteiger partial charge in [-0.25, -0.2) is 0 Å². The first-order valence-corrected chi connectivity index (χ1v) is 8.82. The summed E-state index contributed by atoms with van der Waals surface area (Å²) in [4.78, 5) is 26.5. The predicted molar refractivity (Wildman–Crippen MR) is 94.6 cm³/mol. The highest BCUT2D eigenvalue weighted by molar-refractivity contribution is 6.01. The Morgan fingerprint density at radius 3 is 2.73 bits per heavy atom. The van der Waals surface area contributed by atoms with Crippen molar-refractivity contribution in [3.8, 4) is 11.5 Å². The Bertz CT molecular complexity index is 938. The fourth-order valence-corrected chi connectivity index (χ4v) is 3.92. The van der Waals surface area contributed by atoms with Crippen LogP contribution in [0.4, 0.5) is 5.69 Å². The number of benzene rings is 2. The molecule has 0 saturated carbocycles. The minimum Gasteiger partial charge on any atom is -0.454 e. The van der Waals surface area contributed by atoms with Gasteiger partial charge < -0.3 is 19.7 Å². The third-order valence-corrected chi connectivity index (χ3v) is 5.20. The molecule has 0 spiro atoms. The highest BCUT2D eigenvalue weighted by Crippen LogP contribution is 2.37. The van der Waals surface area contributed by atoms with Crippen LogP contribution in [0, 0.1) is 0 Å². The molecule has 0 bridgehead atoms. The molecule has 3 aliphatic rings. The van der Waals surface area contributed by atoms with Gasteiger partial charge in [-0.3, -0.25) is 9.59 Å². The van der Waals surface area contributed by atoms with Crippen LogP contribution in [0.3, 0.4) is 0 Å². The van der Waals surface area contributed by atoms with E-state index in [9.17, 15) is 9.59 Å². The lowest BCUT2D eigenvalue weighted by Crippen LogP contribution is -2.33. The molecule has 3 aliphatic heterocycles. The summed E-state index contributed by atoms with van der Waals surface area (Å²) in [7, 11) is 0. The summed E-state index contributed by atoms with van der Waals surface area (Å²) in [6, 6.07) is 9.52. The van der Waals surface area contributed by atoms with E-state index in [0.717, 1.165) is 41.1 Å². The van der Waals surface area contributed by atoms with E-state index >= 15 is 0 Å². The molecular formula is C20H18N2O4. The summed E-state index contributed by atoms with van der Waals surface area (Å²) in [6.07, 6.45) is 2.05. The van der Waals surface area contributed by atoms with E-state index in [4.69, 9.17) is 9.47 Å². The van der Waals surface area contributed by atoms with Crippen LogP contribution in [0.25, 0.3) is 0 Å². The van der Waals surface area contributed by atoms with Gasteiger partial charge >= 0.3 is 0 Å². The van der Waals surface area contributed by atoms with Crippen LogP contribution in [0.15, 0.2) is 30.3 Å². The molecular weight excluding hydrogens is 332 g/mol. The highest BCUT2D eigenvalue weighted by Gasteiger charge is 2.32. The summed E-state index contributed by atoms with van der Waals surface area (Å²) >= 11 is 0. The van der Waals surface area contributed by atoms with Gasteiger partial charge in [-0.1, -0.05) is 6.07 Å². The number of aryl methyl sites for hydroxylation is 1. The molecule has 26 heavy (non-hydrogen) atoms. The number of hydrogen-bond donors (Lipinski definition) is 1. The first-order chi connectivity index (χ1) is 12.7. The zero-order valence-electron chi connectivity index (χ0n) is 14.2. The number of hydrogen-bond acceptors (Lipinski definition) is 4. The zero-order valence-corrected chi connectivity index (χ0v) is 14.2. The van der Waals surface area contributed by atoms with Crippen molar-refractivity contribution >= 4 is 17.5 Å². The predicted octanol–water partition coefficient (Wildman–Crippen LogP) is 2.18. The van der Waals surface area contributed by atoms with Crippen LogP contribution < -0.4 is 19.7 Å². The summed E-state index contributed by atoms with van der Waals surface area (Å²) < 4.78 is 10.7. The summed E-state index contributed by atoms with van der Waals surface area (Å²) in [5, 5.41) is 2.97. The molecule has 0 atom stereocenters. The van der Waals surface area contributed by atoms with Gasteiger partial charge in [0, 0.05) is 25.1 Å². The maximum absolute atomic E-state index is 12.6. The molecule has 1 N–H and O–H groups in total. The summed E-state index contributed by atoms with van der Waals surface area (Å²) in [5.41, 5.74) is 4.86. The van der Waals surface area contributed by atoms with Gasteiger partial charge in [0.2, 0.25) is 12.7 Å². The lowest BCUT2D eigenvalue weighted by atomic mass is 9.96. The number of fused-ring (bicyclic) bond motifs is 1. The lowest BCUT2D eigenvalue weighted by Gasteiger charge is -2.25. The Balaban J connectivity index is 1.34. The Hall–Kier alpha value is -3.02. The molecule has 2 amide bonds. The molecule has 2 aromatic rings. The lowest BCUT2D eigenvalue weighted by molar-refractivity contribution is -0.118. The molecule has 3 heterocycles. The number of carbonyl (C=O) groups is 2. The Morgan fingerprint density at radius 1 is 1.04 bits per heavy atom. The summed E-state index contributed by atoms with van der Waals surface area (Å²) in [5.74, 6) is 1.54. The molecule has 6 nitrogen and oxygen atoms in total. The number of ether oxygens (including phenoxy) is 2. The molecule has 0 aliphatic carbocycles. The van der Waals surface area contributed by atoms with Crippen LogP contribution in [0.2, 0.25) is 0 Å². The minimum absolute atomic E-state index is 0.0999. The second kappa shape index (κ2) is 5.76. The standard InChI is InChI=1S/C20H18N2O4/c23-18-4-2-13-8-15(9-14-5-6-22(18)19(13)14)20(24)21-10-12-1-3-16-17(7-12)26-11-25-16/h1,3,7-9H,2,4-6,10-11H2,(H,21,24). The SMILES string of the molecule is O=C(NCc1ccc2c(c1)OCO2)c1cc2c3c(c1)CCN3C(=O)CC2. The monoisotopic (exact) mass is 350 g/mol. The molecule has 2 aromatic carbocycles. The molecule has 132 valence electrons. The molecule has 5 rings (SSSR count). The van der Waals surface area contributed by atoms with Gasteiger partial charge in [0.25, 0.3) is 5.91 Å². The van der Waals surface area contributed by atoms with E-state index in [-0.39, 0.29) is 18.6 Å². The first kappa shape index (κ1) is 15.3. The van der Waals surface area contributed by atoms with E-state index in [1.54, 1.807) is 0 Å². The first-order valence-electron chi connectivity index (χ1n) is 8.82. The number of amides is 2. The number of rotatable bonds is 3. The fraction of sp³-hybridized carbons (Fsp3) is 0.300. The number of nitrogens with one attached hydrogen (secondary N) is 1. The van der Waals surface area contributed by atoms with Crippen molar-refractivity contribution in [2.24, 2.45) is 0 Å². The van der Waals surface area contributed by atoms with Crippen molar-refractivity contribution in [1.29, 1.82) is 0 Å². The second-order valence-electron chi connectivity index (χ2n) is 6.81. The molecule has 0 saturated heterocycles. The van der Waals surface area contributed by atoms with Crippen molar-refractivity contribution in [3.63, 3.8) is 0 Å². The van der Waals surface area contributed by atoms with Crippen molar-refractivity contribution in [2.45, 2.75) is 25.8 Å². The topological polar surface area (TPSA) is 67.9 Å². The summed E-state index contributed by atoms with van der Waals surface area (Å²) in [6.45, 7) is 1.39. The smallest absolute Gasteiger partial charge is 0.251 e. The van der Waals surface area contributed by atoms with E-state index in [1.807, 2.05) is 35.2 Å². The highest BCUT2D eigenvalue weighted by atomic mass is 16.7. The van der Waals surface area contributed by atoms with Crippen molar-refractivity contribution in [3.05, 3.63) is 52.6 Å². The van der Waals surface area contributed by atoms with Crippen LogP contribution in [-0.4, -0.2) is 25.2 Å². The Kier molecular flexibility index (Phi) is 3.38. The second-order valence-corrected chi connectivity index (χ2v) is 6.81. The van der Waals surface area contributed by atoms with Gasteiger partial charge in [0.15, 0.2) is 11.5 Å². The average Bonchev–Trinajstić information content (AvgIpc) is 3.29. The Labute approximate surface area is 150 Å². The molecule has 0 fully saturated rings. The normalized spacial score (nSPS) is 16.6. The zero-order chi connectivity index (χ0) is 17.7. The third-order valence-electron chi connectivity index (χ3n) is 5.20. The molecule has 6 heteroatoms. The van der Waals surface area contributed by atoms with Crippen LogP contribution >= 0.6 is 0 Å². The van der Waals surface area contributed by atoms with Gasteiger partial charge in [-0.2, -0.15) is 0 Å². The van der Waals surface area contributed by atoms with E-state index in [2.05, 4.69) is 5.32 Å². The van der Waals surface area contributed by atoms with Gasteiger partial charge in [0.1, 0.15) is 0 Å². The van der Waals surface area contributed by atoms with Gasteiger partial charge in [-0.05, 0) is 53.8 Å². The van der Waals surface area contributed by atoms with E-state index < -0.39 is 0 Å². The molecule has 0 radical (unpaired) electrons. The average molecular weight is 350 g/mol. The van der Waals surface area contributed by atoms with Crippen LogP contribution in [0.5, 0.6) is 11.5 Å². The molecule has 0 aromatic heterocycles. The van der Waals surface area contributed by atoms with Crippen LogP contribution in [-0.2, 0) is 24.2 Å². The maximum Gasteiger partial charge on any atom is 0.251 e. The number of anilines is 1. The van der Waals surface area contributed by atoms with Crippen molar-refractivity contribution in [2.75, 3.05) is 18.2 Å². The van der Waals surface area contributed by atoms with Crippen molar-refractivity contribution < 1.29 is 19.1 Å². The Morgan fingerprint density at radius 2 is 1.85 bits per heavy atom. The quantitative estimate of drug-likeness (QED) is 0.921.